The molecule has 0 aromatic heterocycles. The van der Waals surface area contributed by atoms with E-state index in [0.717, 1.165) is 45.1 Å². The smallest absolute Gasteiger partial charge is 0.311 e. The SMILES string of the molecule is O=C(CCC1CCCO1)NCC1(C(=O)O)CCCCC1. The molecule has 1 atom stereocenters. The molecule has 0 radical (unpaired) electrons. The van der Waals surface area contributed by atoms with Gasteiger partial charge in [0.1, 0.15) is 0 Å². The van der Waals surface area contributed by atoms with E-state index in [-0.39, 0.29) is 18.6 Å². The Morgan fingerprint density at radius 1 is 1.20 bits per heavy atom. The average Bonchev–Trinajstić information content (AvgIpc) is 2.97. The third-order valence-corrected chi connectivity index (χ3v) is 4.61. The fourth-order valence-electron chi connectivity index (χ4n) is 3.22. The molecule has 0 aromatic carbocycles. The molecule has 2 aliphatic rings. The molecule has 0 bridgehead atoms. The van der Waals surface area contributed by atoms with Gasteiger partial charge in [-0.05, 0) is 32.1 Å². The molecule has 2 rings (SSSR count). The van der Waals surface area contributed by atoms with Crippen LogP contribution in [0.2, 0.25) is 0 Å². The number of aliphatic carboxylic acids is 1. The Morgan fingerprint density at radius 2 is 1.95 bits per heavy atom. The largest absolute Gasteiger partial charge is 0.481 e. The maximum Gasteiger partial charge on any atom is 0.311 e. The number of amides is 1. The summed E-state index contributed by atoms with van der Waals surface area (Å²) in [7, 11) is 0. The second-order valence-corrected chi connectivity index (χ2v) is 6.10. The Hall–Kier alpha value is -1.10. The first-order valence-electron chi connectivity index (χ1n) is 7.74. The van der Waals surface area contributed by atoms with E-state index in [1.807, 2.05) is 0 Å². The van der Waals surface area contributed by atoms with Gasteiger partial charge >= 0.3 is 5.97 Å². The summed E-state index contributed by atoms with van der Waals surface area (Å²) in [6, 6.07) is 0. The number of carboxylic acids is 1. The maximum absolute atomic E-state index is 11.8. The maximum atomic E-state index is 11.8. The number of carbonyl (C=O) groups excluding carboxylic acids is 1. The molecule has 1 unspecified atom stereocenters. The highest BCUT2D eigenvalue weighted by molar-refractivity contribution is 5.79. The molecule has 0 aromatic rings. The average molecular weight is 283 g/mol. The van der Waals surface area contributed by atoms with Gasteiger partial charge in [0.25, 0.3) is 0 Å². The molecule has 1 aliphatic heterocycles. The van der Waals surface area contributed by atoms with Crippen molar-refractivity contribution in [2.75, 3.05) is 13.2 Å². The quantitative estimate of drug-likeness (QED) is 0.782. The standard InChI is InChI=1S/C15H25NO4/c17-13(7-6-12-5-4-10-20-12)16-11-15(14(18)19)8-2-1-3-9-15/h12H,1-11H2,(H,16,17)(H,18,19). The number of hydrogen-bond donors (Lipinski definition) is 2. The number of rotatable bonds is 6. The van der Waals surface area contributed by atoms with E-state index in [1.54, 1.807) is 0 Å². The lowest BCUT2D eigenvalue weighted by Crippen LogP contribution is -2.44. The summed E-state index contributed by atoms with van der Waals surface area (Å²) in [4.78, 5) is 23.3. The lowest BCUT2D eigenvalue weighted by atomic mass is 9.74. The van der Waals surface area contributed by atoms with Gasteiger partial charge in [-0.2, -0.15) is 0 Å². The van der Waals surface area contributed by atoms with Crippen molar-refractivity contribution in [2.45, 2.75) is 63.9 Å². The second-order valence-electron chi connectivity index (χ2n) is 6.10. The summed E-state index contributed by atoms with van der Waals surface area (Å²) in [5.41, 5.74) is -0.738. The summed E-state index contributed by atoms with van der Waals surface area (Å²) in [5.74, 6) is -0.816. The first-order chi connectivity index (χ1) is 9.62. The monoisotopic (exact) mass is 283 g/mol. The predicted octanol–water partition coefficient (Wildman–Crippen LogP) is 2.10. The van der Waals surface area contributed by atoms with Gasteiger partial charge < -0.3 is 15.2 Å². The fourth-order valence-corrected chi connectivity index (χ4v) is 3.22. The van der Waals surface area contributed by atoms with Crippen molar-refractivity contribution in [3.8, 4) is 0 Å². The molecule has 2 fully saturated rings. The first-order valence-corrected chi connectivity index (χ1v) is 7.74. The Labute approximate surface area is 120 Å². The van der Waals surface area contributed by atoms with Gasteiger partial charge in [0.2, 0.25) is 5.91 Å². The van der Waals surface area contributed by atoms with Crippen molar-refractivity contribution in [1.29, 1.82) is 0 Å². The molecule has 1 amide bonds. The number of hydrogen-bond acceptors (Lipinski definition) is 3. The van der Waals surface area contributed by atoms with Crippen LogP contribution in [0.25, 0.3) is 0 Å². The molecular formula is C15H25NO4. The van der Waals surface area contributed by atoms with Crippen LogP contribution in [0.15, 0.2) is 0 Å². The van der Waals surface area contributed by atoms with Gasteiger partial charge in [0.05, 0.1) is 11.5 Å². The number of ether oxygens (including phenoxy) is 1. The molecule has 1 saturated heterocycles. The van der Waals surface area contributed by atoms with Crippen LogP contribution in [0.4, 0.5) is 0 Å². The molecule has 1 saturated carbocycles. The van der Waals surface area contributed by atoms with Gasteiger partial charge in [-0.3, -0.25) is 9.59 Å². The predicted molar refractivity (Wildman–Crippen MR) is 74.4 cm³/mol. The van der Waals surface area contributed by atoms with Crippen LogP contribution >= 0.6 is 0 Å². The van der Waals surface area contributed by atoms with E-state index < -0.39 is 11.4 Å². The summed E-state index contributed by atoms with van der Waals surface area (Å²) in [5, 5.41) is 12.3. The minimum Gasteiger partial charge on any atom is -0.481 e. The van der Waals surface area contributed by atoms with Crippen LogP contribution in [0.1, 0.15) is 57.8 Å². The summed E-state index contributed by atoms with van der Waals surface area (Å²) < 4.78 is 5.48. The molecule has 5 heteroatoms. The highest BCUT2D eigenvalue weighted by Crippen LogP contribution is 2.36. The molecule has 5 nitrogen and oxygen atoms in total. The van der Waals surface area contributed by atoms with Crippen LogP contribution in [0, 0.1) is 5.41 Å². The molecule has 20 heavy (non-hydrogen) atoms. The van der Waals surface area contributed by atoms with Crippen molar-refractivity contribution >= 4 is 11.9 Å². The topological polar surface area (TPSA) is 75.6 Å². The van der Waals surface area contributed by atoms with E-state index in [2.05, 4.69) is 5.32 Å². The minimum absolute atomic E-state index is 0.0494. The van der Waals surface area contributed by atoms with E-state index in [1.165, 1.54) is 0 Å². The zero-order valence-electron chi connectivity index (χ0n) is 12.0. The summed E-state index contributed by atoms with van der Waals surface area (Å²) >= 11 is 0. The van der Waals surface area contributed by atoms with Crippen molar-refractivity contribution in [1.82, 2.24) is 5.32 Å². The number of nitrogens with one attached hydrogen (secondary N) is 1. The lowest BCUT2D eigenvalue weighted by Gasteiger charge is -2.33. The Balaban J connectivity index is 1.74. The van der Waals surface area contributed by atoms with E-state index >= 15 is 0 Å². The highest BCUT2D eigenvalue weighted by Gasteiger charge is 2.39. The van der Waals surface area contributed by atoms with Crippen molar-refractivity contribution in [3.05, 3.63) is 0 Å². The van der Waals surface area contributed by atoms with Gasteiger partial charge in [0.15, 0.2) is 0 Å². The molecule has 1 heterocycles. The Kier molecular flexibility index (Phi) is 5.40. The number of carboxylic acid groups (broad SMARTS) is 1. The van der Waals surface area contributed by atoms with E-state index in [9.17, 15) is 14.7 Å². The third-order valence-electron chi connectivity index (χ3n) is 4.61. The molecular weight excluding hydrogens is 258 g/mol. The Morgan fingerprint density at radius 3 is 2.55 bits per heavy atom. The highest BCUT2D eigenvalue weighted by atomic mass is 16.5. The third kappa shape index (κ3) is 3.95. The van der Waals surface area contributed by atoms with E-state index in [0.29, 0.717) is 19.3 Å². The van der Waals surface area contributed by atoms with Crippen LogP contribution in [0.5, 0.6) is 0 Å². The van der Waals surface area contributed by atoms with Crippen LogP contribution < -0.4 is 5.32 Å². The molecule has 114 valence electrons. The Bertz CT molecular complexity index is 344. The normalized spacial score (nSPS) is 25.3. The molecule has 1 aliphatic carbocycles. The van der Waals surface area contributed by atoms with Crippen molar-refractivity contribution in [3.63, 3.8) is 0 Å². The second kappa shape index (κ2) is 7.07. The number of carbonyl (C=O) groups is 2. The zero-order chi connectivity index (χ0) is 14.4. The van der Waals surface area contributed by atoms with Crippen LogP contribution in [-0.4, -0.2) is 36.2 Å². The zero-order valence-corrected chi connectivity index (χ0v) is 12.0. The van der Waals surface area contributed by atoms with Crippen LogP contribution in [0.3, 0.4) is 0 Å². The van der Waals surface area contributed by atoms with Gasteiger partial charge in [-0.25, -0.2) is 0 Å². The minimum atomic E-state index is -0.767. The summed E-state index contributed by atoms with van der Waals surface area (Å²) in [6.45, 7) is 1.07. The summed E-state index contributed by atoms with van der Waals surface area (Å²) in [6.07, 6.45) is 7.83. The lowest BCUT2D eigenvalue weighted by molar-refractivity contribution is -0.151. The molecule has 2 N–H and O–H groups in total. The fraction of sp³-hybridized carbons (Fsp3) is 0.867. The van der Waals surface area contributed by atoms with Gasteiger partial charge in [-0.15, -0.1) is 0 Å². The van der Waals surface area contributed by atoms with E-state index in [4.69, 9.17) is 4.74 Å². The van der Waals surface area contributed by atoms with Gasteiger partial charge in [-0.1, -0.05) is 19.3 Å². The van der Waals surface area contributed by atoms with Crippen LogP contribution in [-0.2, 0) is 14.3 Å². The first kappa shape index (κ1) is 15.3. The van der Waals surface area contributed by atoms with Crippen molar-refractivity contribution in [2.24, 2.45) is 5.41 Å². The van der Waals surface area contributed by atoms with Crippen molar-refractivity contribution < 1.29 is 19.4 Å². The molecule has 0 spiro atoms. The van der Waals surface area contributed by atoms with Gasteiger partial charge in [0, 0.05) is 19.6 Å².